The Labute approximate surface area is 150 Å². The normalized spacial score (nSPS) is 10.9. The summed E-state index contributed by atoms with van der Waals surface area (Å²) in [6.45, 7) is 2.09. The van der Waals surface area contributed by atoms with Gasteiger partial charge in [-0.25, -0.2) is 8.42 Å². The zero-order valence-electron chi connectivity index (χ0n) is 13.5. The Bertz CT molecular complexity index is 831. The molecule has 0 atom stereocenters. The van der Waals surface area contributed by atoms with Gasteiger partial charge in [-0.2, -0.15) is 0 Å². The number of esters is 1. The summed E-state index contributed by atoms with van der Waals surface area (Å²) in [5.41, 5.74) is 0.197. The second-order valence-electron chi connectivity index (χ2n) is 4.89. The van der Waals surface area contributed by atoms with Crippen LogP contribution in [0.2, 0.25) is 0 Å². The molecule has 0 saturated heterocycles. The van der Waals surface area contributed by atoms with Gasteiger partial charge < -0.3 is 10.1 Å². The molecule has 25 heavy (non-hydrogen) atoms. The van der Waals surface area contributed by atoms with Crippen LogP contribution in [-0.2, 0) is 19.6 Å². The molecule has 0 saturated carbocycles. The Kier molecular flexibility index (Phi) is 6.54. The third-order valence-corrected chi connectivity index (χ3v) is 5.38. The number of sulfonamides is 1. The number of amides is 1. The van der Waals surface area contributed by atoms with Crippen molar-refractivity contribution in [3.63, 3.8) is 0 Å². The van der Waals surface area contributed by atoms with Crippen LogP contribution in [0.15, 0.2) is 46.7 Å². The lowest BCUT2D eigenvalue weighted by Crippen LogP contribution is -2.27. The van der Waals surface area contributed by atoms with Crippen LogP contribution in [-0.4, -0.2) is 33.4 Å². The summed E-state index contributed by atoms with van der Waals surface area (Å²) in [4.78, 5) is 23.8. The Morgan fingerprint density at radius 3 is 2.56 bits per heavy atom. The van der Waals surface area contributed by atoms with E-state index in [9.17, 15) is 18.0 Å². The topological polar surface area (TPSA) is 102 Å². The predicted octanol–water partition coefficient (Wildman–Crippen LogP) is 2.23. The van der Waals surface area contributed by atoms with E-state index in [-0.39, 0.29) is 35.0 Å². The molecule has 1 heterocycles. The number of hydrogen-bond acceptors (Lipinski definition) is 6. The SMILES string of the molecule is CCOC(=O)CCNC(=O)c1sccc1NS(=O)(=O)c1ccccc1. The van der Waals surface area contributed by atoms with Crippen LogP contribution in [0.25, 0.3) is 0 Å². The molecular weight excluding hydrogens is 364 g/mol. The fraction of sp³-hybridized carbons (Fsp3) is 0.250. The van der Waals surface area contributed by atoms with Gasteiger partial charge in [0.1, 0.15) is 4.88 Å². The van der Waals surface area contributed by atoms with Crippen LogP contribution in [0.1, 0.15) is 23.0 Å². The van der Waals surface area contributed by atoms with Gasteiger partial charge in [-0.1, -0.05) is 18.2 Å². The Balaban J connectivity index is 2.02. The second kappa shape index (κ2) is 8.63. The number of anilines is 1. The molecule has 2 N–H and O–H groups in total. The molecule has 0 unspecified atom stereocenters. The maximum atomic E-state index is 12.4. The first-order valence-corrected chi connectivity index (χ1v) is 9.89. The fourth-order valence-electron chi connectivity index (χ4n) is 1.96. The zero-order valence-corrected chi connectivity index (χ0v) is 15.2. The monoisotopic (exact) mass is 382 g/mol. The summed E-state index contributed by atoms with van der Waals surface area (Å²) in [5, 5.41) is 4.19. The summed E-state index contributed by atoms with van der Waals surface area (Å²) in [6, 6.07) is 9.40. The van der Waals surface area contributed by atoms with E-state index < -0.39 is 21.9 Å². The summed E-state index contributed by atoms with van der Waals surface area (Å²) in [6.07, 6.45) is 0.0516. The van der Waals surface area contributed by atoms with Crippen molar-refractivity contribution in [2.24, 2.45) is 0 Å². The summed E-state index contributed by atoms with van der Waals surface area (Å²) in [7, 11) is -3.78. The molecule has 1 aromatic carbocycles. The molecule has 0 radical (unpaired) electrons. The third kappa shape index (κ3) is 5.30. The number of carbonyl (C=O) groups is 2. The molecule has 1 aromatic heterocycles. The van der Waals surface area contributed by atoms with Gasteiger partial charge in [0.05, 0.1) is 23.6 Å². The Morgan fingerprint density at radius 2 is 1.88 bits per heavy atom. The number of rotatable bonds is 8. The molecule has 1 amide bonds. The molecule has 0 aliphatic rings. The molecule has 0 aliphatic heterocycles. The number of nitrogens with one attached hydrogen (secondary N) is 2. The number of thiophene rings is 1. The van der Waals surface area contributed by atoms with Crippen molar-refractivity contribution in [2.45, 2.75) is 18.2 Å². The van der Waals surface area contributed by atoms with Crippen LogP contribution >= 0.6 is 11.3 Å². The van der Waals surface area contributed by atoms with Gasteiger partial charge in [0.15, 0.2) is 0 Å². The smallest absolute Gasteiger partial charge is 0.307 e. The van der Waals surface area contributed by atoms with Crippen molar-refractivity contribution < 1.29 is 22.7 Å². The van der Waals surface area contributed by atoms with Crippen molar-refractivity contribution in [3.05, 3.63) is 46.7 Å². The van der Waals surface area contributed by atoms with Gasteiger partial charge in [0.25, 0.3) is 15.9 Å². The molecule has 0 aliphatic carbocycles. The molecular formula is C16H18N2O5S2. The van der Waals surface area contributed by atoms with E-state index >= 15 is 0 Å². The molecule has 9 heteroatoms. The van der Waals surface area contributed by atoms with E-state index in [0.29, 0.717) is 0 Å². The molecule has 2 aromatic rings. The number of benzene rings is 1. The Hall–Kier alpha value is -2.39. The minimum absolute atomic E-state index is 0.0516. The average molecular weight is 382 g/mol. The summed E-state index contributed by atoms with van der Waals surface area (Å²) >= 11 is 1.11. The van der Waals surface area contributed by atoms with Crippen LogP contribution in [0.3, 0.4) is 0 Å². The average Bonchev–Trinajstić information content (AvgIpc) is 3.03. The maximum Gasteiger partial charge on any atom is 0.307 e. The van der Waals surface area contributed by atoms with Crippen LogP contribution in [0, 0.1) is 0 Å². The minimum atomic E-state index is -3.78. The molecule has 2 rings (SSSR count). The van der Waals surface area contributed by atoms with Crippen molar-refractivity contribution in [3.8, 4) is 0 Å². The van der Waals surface area contributed by atoms with Gasteiger partial charge in [-0.3, -0.25) is 14.3 Å². The lowest BCUT2D eigenvalue weighted by Gasteiger charge is -2.09. The summed E-state index contributed by atoms with van der Waals surface area (Å²) in [5.74, 6) is -0.857. The minimum Gasteiger partial charge on any atom is -0.466 e. The van der Waals surface area contributed by atoms with E-state index in [1.807, 2.05) is 0 Å². The first-order chi connectivity index (χ1) is 11.9. The fourth-order valence-corrected chi connectivity index (χ4v) is 3.88. The van der Waals surface area contributed by atoms with E-state index in [4.69, 9.17) is 4.74 Å². The number of carbonyl (C=O) groups excluding carboxylic acids is 2. The highest BCUT2D eigenvalue weighted by atomic mass is 32.2. The van der Waals surface area contributed by atoms with E-state index in [2.05, 4.69) is 10.0 Å². The number of ether oxygens (including phenoxy) is 1. The van der Waals surface area contributed by atoms with Crippen LogP contribution < -0.4 is 10.0 Å². The molecule has 0 bridgehead atoms. The standard InChI is InChI=1S/C16H18N2O5S2/c1-2-23-14(19)8-10-17-16(20)15-13(9-11-24-15)18-25(21,22)12-6-4-3-5-7-12/h3-7,9,11,18H,2,8,10H2,1H3,(H,17,20). The lowest BCUT2D eigenvalue weighted by atomic mass is 10.3. The van der Waals surface area contributed by atoms with Gasteiger partial charge in [0, 0.05) is 6.54 Å². The maximum absolute atomic E-state index is 12.4. The van der Waals surface area contributed by atoms with Gasteiger partial charge in [-0.15, -0.1) is 11.3 Å². The van der Waals surface area contributed by atoms with Crippen molar-refractivity contribution in [1.29, 1.82) is 0 Å². The lowest BCUT2D eigenvalue weighted by molar-refractivity contribution is -0.142. The van der Waals surface area contributed by atoms with E-state index in [1.165, 1.54) is 18.2 Å². The van der Waals surface area contributed by atoms with Gasteiger partial charge >= 0.3 is 5.97 Å². The quantitative estimate of drug-likeness (QED) is 0.682. The molecule has 0 spiro atoms. The highest BCUT2D eigenvalue weighted by Gasteiger charge is 2.19. The predicted molar refractivity (Wildman–Crippen MR) is 95.2 cm³/mol. The molecule has 7 nitrogen and oxygen atoms in total. The highest BCUT2D eigenvalue weighted by Crippen LogP contribution is 2.25. The number of hydrogen-bond donors (Lipinski definition) is 2. The Morgan fingerprint density at radius 1 is 1.16 bits per heavy atom. The van der Waals surface area contributed by atoms with Gasteiger partial charge in [0.2, 0.25) is 0 Å². The van der Waals surface area contributed by atoms with E-state index in [1.54, 1.807) is 30.5 Å². The van der Waals surface area contributed by atoms with Crippen molar-refractivity contribution in [1.82, 2.24) is 5.32 Å². The van der Waals surface area contributed by atoms with Crippen molar-refractivity contribution >= 4 is 38.9 Å². The van der Waals surface area contributed by atoms with Crippen LogP contribution in [0.4, 0.5) is 5.69 Å². The molecule has 0 fully saturated rings. The highest BCUT2D eigenvalue weighted by molar-refractivity contribution is 7.92. The largest absolute Gasteiger partial charge is 0.466 e. The molecule has 134 valence electrons. The summed E-state index contributed by atoms with van der Waals surface area (Å²) < 4.78 is 31.9. The second-order valence-corrected chi connectivity index (χ2v) is 7.49. The van der Waals surface area contributed by atoms with Gasteiger partial charge in [-0.05, 0) is 30.5 Å². The van der Waals surface area contributed by atoms with E-state index in [0.717, 1.165) is 11.3 Å². The first-order valence-electron chi connectivity index (χ1n) is 7.53. The van der Waals surface area contributed by atoms with Crippen LogP contribution in [0.5, 0.6) is 0 Å². The zero-order chi connectivity index (χ0) is 18.3. The first kappa shape index (κ1) is 18.9. The third-order valence-electron chi connectivity index (χ3n) is 3.09. The van der Waals surface area contributed by atoms with Crippen molar-refractivity contribution in [2.75, 3.05) is 17.9 Å².